The summed E-state index contributed by atoms with van der Waals surface area (Å²) in [5, 5.41) is 6.09. The van der Waals surface area contributed by atoms with Crippen molar-refractivity contribution in [2.75, 3.05) is 18.4 Å². The summed E-state index contributed by atoms with van der Waals surface area (Å²) in [5.74, 6) is 0.921. The molecule has 1 aliphatic rings. The summed E-state index contributed by atoms with van der Waals surface area (Å²) in [5.41, 5.74) is 0.989. The fourth-order valence-electron chi connectivity index (χ4n) is 2.52. The molecule has 0 aliphatic heterocycles. The first-order valence-corrected chi connectivity index (χ1v) is 6.90. The molecule has 0 atom stereocenters. The summed E-state index contributed by atoms with van der Waals surface area (Å²) in [4.78, 5) is 11.6. The van der Waals surface area contributed by atoms with E-state index < -0.39 is 0 Å². The Balaban J connectivity index is 1.57. The summed E-state index contributed by atoms with van der Waals surface area (Å²) in [6, 6.07) is 9.81. The Kier molecular flexibility index (Phi) is 5.06. The van der Waals surface area contributed by atoms with Crippen LogP contribution in [0.25, 0.3) is 0 Å². The van der Waals surface area contributed by atoms with Crippen LogP contribution in [0.5, 0.6) is 0 Å². The lowest BCUT2D eigenvalue weighted by atomic mass is 10.0. The molecule has 0 bridgehead atoms. The van der Waals surface area contributed by atoms with Gasteiger partial charge in [-0.2, -0.15) is 0 Å². The van der Waals surface area contributed by atoms with E-state index in [4.69, 9.17) is 0 Å². The summed E-state index contributed by atoms with van der Waals surface area (Å²) in [6.45, 7) is 1.18. The molecule has 1 saturated carbocycles. The molecule has 98 valence electrons. The average molecular weight is 246 g/mol. The van der Waals surface area contributed by atoms with Crippen molar-refractivity contribution in [1.29, 1.82) is 0 Å². The monoisotopic (exact) mass is 246 g/mol. The summed E-state index contributed by atoms with van der Waals surface area (Å²) in [6.07, 6.45) is 6.57. The van der Waals surface area contributed by atoms with Gasteiger partial charge in [0.05, 0.1) is 6.54 Å². The van der Waals surface area contributed by atoms with Crippen molar-refractivity contribution in [3.05, 3.63) is 30.3 Å². The van der Waals surface area contributed by atoms with Gasteiger partial charge in [0.25, 0.3) is 0 Å². The van der Waals surface area contributed by atoms with Crippen LogP contribution in [0.1, 0.15) is 32.1 Å². The van der Waals surface area contributed by atoms with E-state index in [0.717, 1.165) is 24.6 Å². The van der Waals surface area contributed by atoms with E-state index in [-0.39, 0.29) is 5.91 Å². The molecule has 2 N–H and O–H groups in total. The highest BCUT2D eigenvalue weighted by molar-refractivity contribution is 5.80. The highest BCUT2D eigenvalue weighted by Crippen LogP contribution is 2.26. The van der Waals surface area contributed by atoms with Crippen LogP contribution in [-0.4, -0.2) is 19.0 Å². The van der Waals surface area contributed by atoms with Gasteiger partial charge in [0.1, 0.15) is 0 Å². The van der Waals surface area contributed by atoms with Gasteiger partial charge in [0, 0.05) is 12.2 Å². The van der Waals surface area contributed by atoms with Crippen molar-refractivity contribution in [3.63, 3.8) is 0 Å². The molecule has 0 saturated heterocycles. The third kappa shape index (κ3) is 4.40. The molecule has 0 spiro atoms. The van der Waals surface area contributed by atoms with Gasteiger partial charge in [-0.05, 0) is 24.5 Å². The van der Waals surface area contributed by atoms with Crippen molar-refractivity contribution in [3.8, 4) is 0 Å². The second-order valence-corrected chi connectivity index (χ2v) is 5.01. The quantitative estimate of drug-likeness (QED) is 0.810. The Labute approximate surface area is 109 Å². The second kappa shape index (κ2) is 7.04. The van der Waals surface area contributed by atoms with Gasteiger partial charge < -0.3 is 10.6 Å². The fourth-order valence-corrected chi connectivity index (χ4v) is 2.52. The molecule has 2 rings (SSSR count). The minimum Gasteiger partial charge on any atom is -0.376 e. The van der Waals surface area contributed by atoms with Crippen molar-refractivity contribution in [1.82, 2.24) is 5.32 Å². The standard InChI is InChI=1S/C15H22N2O/c18-15(12-17-14-8-2-1-3-9-14)16-11-10-13-6-4-5-7-13/h1-3,8-9,13,17H,4-7,10-12H2,(H,16,18). The molecule has 1 aromatic carbocycles. The molecule has 1 fully saturated rings. The third-order valence-corrected chi connectivity index (χ3v) is 3.58. The lowest BCUT2D eigenvalue weighted by Gasteiger charge is -2.10. The van der Waals surface area contributed by atoms with E-state index in [9.17, 15) is 4.79 Å². The predicted molar refractivity (Wildman–Crippen MR) is 74.5 cm³/mol. The van der Waals surface area contributed by atoms with E-state index in [1.165, 1.54) is 25.7 Å². The van der Waals surface area contributed by atoms with Crippen molar-refractivity contribution in [2.24, 2.45) is 5.92 Å². The van der Waals surface area contributed by atoms with Crippen LogP contribution >= 0.6 is 0 Å². The zero-order valence-corrected chi connectivity index (χ0v) is 10.8. The molecule has 0 radical (unpaired) electrons. The Hall–Kier alpha value is -1.51. The lowest BCUT2D eigenvalue weighted by Crippen LogP contribution is -2.31. The fraction of sp³-hybridized carbons (Fsp3) is 0.533. The first-order valence-electron chi connectivity index (χ1n) is 6.90. The van der Waals surface area contributed by atoms with Crippen LogP contribution in [-0.2, 0) is 4.79 Å². The molecule has 0 heterocycles. The average Bonchev–Trinajstić information content (AvgIpc) is 2.91. The van der Waals surface area contributed by atoms with Crippen LogP contribution in [0.15, 0.2) is 30.3 Å². The smallest absolute Gasteiger partial charge is 0.239 e. The van der Waals surface area contributed by atoms with Crippen LogP contribution in [0.3, 0.4) is 0 Å². The number of amides is 1. The Morgan fingerprint density at radius 1 is 1.17 bits per heavy atom. The Morgan fingerprint density at radius 3 is 2.61 bits per heavy atom. The molecular formula is C15H22N2O. The van der Waals surface area contributed by atoms with Gasteiger partial charge in [0.2, 0.25) is 5.91 Å². The highest BCUT2D eigenvalue weighted by Gasteiger charge is 2.14. The van der Waals surface area contributed by atoms with E-state index in [2.05, 4.69) is 10.6 Å². The SMILES string of the molecule is O=C(CNc1ccccc1)NCCC1CCCC1. The van der Waals surface area contributed by atoms with E-state index in [1.807, 2.05) is 30.3 Å². The zero-order chi connectivity index (χ0) is 12.6. The molecular weight excluding hydrogens is 224 g/mol. The Bertz CT molecular complexity index is 358. The van der Waals surface area contributed by atoms with Crippen molar-refractivity contribution >= 4 is 11.6 Å². The van der Waals surface area contributed by atoms with Crippen LogP contribution in [0.2, 0.25) is 0 Å². The number of anilines is 1. The van der Waals surface area contributed by atoms with Crippen LogP contribution in [0.4, 0.5) is 5.69 Å². The maximum Gasteiger partial charge on any atom is 0.239 e. The summed E-state index contributed by atoms with van der Waals surface area (Å²) in [7, 11) is 0. The van der Waals surface area contributed by atoms with Crippen molar-refractivity contribution < 1.29 is 4.79 Å². The number of carbonyl (C=O) groups excluding carboxylic acids is 1. The number of hydrogen-bond acceptors (Lipinski definition) is 2. The van der Waals surface area contributed by atoms with Gasteiger partial charge >= 0.3 is 0 Å². The second-order valence-electron chi connectivity index (χ2n) is 5.01. The van der Waals surface area contributed by atoms with E-state index in [1.54, 1.807) is 0 Å². The first kappa shape index (κ1) is 12.9. The predicted octanol–water partition coefficient (Wildman–Crippen LogP) is 2.80. The zero-order valence-electron chi connectivity index (χ0n) is 10.8. The summed E-state index contributed by atoms with van der Waals surface area (Å²) < 4.78 is 0. The Morgan fingerprint density at radius 2 is 1.89 bits per heavy atom. The molecule has 1 aliphatic carbocycles. The van der Waals surface area contributed by atoms with Gasteiger partial charge in [-0.3, -0.25) is 4.79 Å². The van der Waals surface area contributed by atoms with Gasteiger partial charge in [0.15, 0.2) is 0 Å². The normalized spacial score (nSPS) is 15.6. The number of rotatable bonds is 6. The molecule has 3 heteroatoms. The molecule has 18 heavy (non-hydrogen) atoms. The number of hydrogen-bond donors (Lipinski definition) is 2. The maximum absolute atomic E-state index is 11.6. The first-order chi connectivity index (χ1) is 8.84. The van der Waals surface area contributed by atoms with E-state index >= 15 is 0 Å². The largest absolute Gasteiger partial charge is 0.376 e. The molecule has 0 unspecified atom stereocenters. The lowest BCUT2D eigenvalue weighted by molar-refractivity contribution is -0.119. The minimum absolute atomic E-state index is 0.0804. The van der Waals surface area contributed by atoms with E-state index in [0.29, 0.717) is 6.54 Å². The number of nitrogens with one attached hydrogen (secondary N) is 2. The molecule has 1 aromatic rings. The van der Waals surface area contributed by atoms with Gasteiger partial charge in [-0.25, -0.2) is 0 Å². The topological polar surface area (TPSA) is 41.1 Å². The third-order valence-electron chi connectivity index (χ3n) is 3.58. The van der Waals surface area contributed by atoms with Gasteiger partial charge in [-0.1, -0.05) is 43.9 Å². The van der Waals surface area contributed by atoms with Crippen LogP contribution in [0, 0.1) is 5.92 Å². The van der Waals surface area contributed by atoms with Crippen molar-refractivity contribution in [2.45, 2.75) is 32.1 Å². The summed E-state index contributed by atoms with van der Waals surface area (Å²) >= 11 is 0. The molecule has 1 amide bonds. The molecule has 0 aromatic heterocycles. The number of carbonyl (C=O) groups is 1. The van der Waals surface area contributed by atoms with Gasteiger partial charge in [-0.15, -0.1) is 0 Å². The minimum atomic E-state index is 0.0804. The highest BCUT2D eigenvalue weighted by atomic mass is 16.1. The maximum atomic E-state index is 11.6. The van der Waals surface area contributed by atoms with Crippen LogP contribution < -0.4 is 10.6 Å². The molecule has 3 nitrogen and oxygen atoms in total. The number of benzene rings is 1. The number of para-hydroxylation sites is 1.